The molecule has 5 heteroatoms. The highest BCUT2D eigenvalue weighted by molar-refractivity contribution is 5.95. The van der Waals surface area contributed by atoms with E-state index in [4.69, 9.17) is 0 Å². The second-order valence-electron chi connectivity index (χ2n) is 9.92. The molecule has 27 heavy (non-hydrogen) atoms. The van der Waals surface area contributed by atoms with Crippen molar-refractivity contribution < 1.29 is 24.6 Å². The quantitative estimate of drug-likeness (QED) is 0.773. The summed E-state index contributed by atoms with van der Waals surface area (Å²) < 4.78 is 0. The molecule has 7 unspecified atom stereocenters. The molecular formula is C22H30O5. The Balaban J connectivity index is 1.75. The number of Topliss-reactive ketones (excluding diaryl/α,β-unsaturated/α-hetero) is 2. The lowest BCUT2D eigenvalue weighted by Gasteiger charge is -2.58. The Labute approximate surface area is 160 Å². The first-order valence-corrected chi connectivity index (χ1v) is 10.2. The number of fused-ring (bicyclic) bond motifs is 5. The lowest BCUT2D eigenvalue weighted by molar-refractivity contribution is -0.170. The van der Waals surface area contributed by atoms with Gasteiger partial charge >= 0.3 is 0 Å². The summed E-state index contributed by atoms with van der Waals surface area (Å²) in [7, 11) is 0. The number of rotatable bonds is 2. The number of aliphatic hydroxyl groups excluding tert-OH is 1. The van der Waals surface area contributed by atoms with Crippen LogP contribution in [0.25, 0.3) is 0 Å². The van der Waals surface area contributed by atoms with Gasteiger partial charge in [-0.2, -0.15) is 0 Å². The monoisotopic (exact) mass is 374 g/mol. The van der Waals surface area contributed by atoms with E-state index in [2.05, 4.69) is 6.92 Å². The number of carbonyl (C=O) groups is 3. The Morgan fingerprint density at radius 3 is 2.63 bits per heavy atom. The molecule has 4 aliphatic rings. The topological polar surface area (TPSA) is 91.7 Å². The second kappa shape index (κ2) is 5.84. The maximum Gasteiger partial charge on any atom is 0.190 e. The van der Waals surface area contributed by atoms with E-state index in [0.717, 1.165) is 18.4 Å². The normalized spacial score (nSPS) is 49.1. The number of aliphatic hydroxyl groups is 2. The zero-order chi connectivity index (χ0) is 19.8. The Morgan fingerprint density at radius 2 is 1.96 bits per heavy atom. The van der Waals surface area contributed by atoms with Crippen molar-refractivity contribution in [1.82, 2.24) is 0 Å². The van der Waals surface area contributed by atoms with Crippen LogP contribution in [0.1, 0.15) is 59.3 Å². The molecule has 0 heterocycles. The van der Waals surface area contributed by atoms with Gasteiger partial charge in [0.1, 0.15) is 18.0 Å². The summed E-state index contributed by atoms with van der Waals surface area (Å²) in [4.78, 5) is 38.0. The van der Waals surface area contributed by atoms with E-state index in [1.165, 1.54) is 0 Å². The highest BCUT2D eigenvalue weighted by Gasteiger charge is 2.68. The van der Waals surface area contributed by atoms with Gasteiger partial charge in [0.2, 0.25) is 0 Å². The van der Waals surface area contributed by atoms with Crippen molar-refractivity contribution in [1.29, 1.82) is 0 Å². The van der Waals surface area contributed by atoms with Crippen molar-refractivity contribution in [2.45, 2.75) is 64.9 Å². The maximum absolute atomic E-state index is 13.4. The molecule has 7 atom stereocenters. The molecule has 0 aromatic heterocycles. The largest absolute Gasteiger partial charge is 0.388 e. The minimum absolute atomic E-state index is 0.0740. The van der Waals surface area contributed by atoms with E-state index in [0.29, 0.717) is 19.3 Å². The highest BCUT2D eigenvalue weighted by Crippen LogP contribution is 2.66. The van der Waals surface area contributed by atoms with Gasteiger partial charge in [-0.1, -0.05) is 26.3 Å². The summed E-state index contributed by atoms with van der Waals surface area (Å²) in [6, 6.07) is 0. The number of carbonyl (C=O) groups excluding carboxylic acids is 3. The van der Waals surface area contributed by atoms with Gasteiger partial charge in [0.25, 0.3) is 0 Å². The van der Waals surface area contributed by atoms with Crippen LogP contribution in [0.3, 0.4) is 0 Å². The number of allylic oxidation sites excluding steroid dienone is 1. The van der Waals surface area contributed by atoms with Crippen molar-refractivity contribution in [3.63, 3.8) is 0 Å². The summed E-state index contributed by atoms with van der Waals surface area (Å²) in [6.45, 7) is 5.26. The highest BCUT2D eigenvalue weighted by atomic mass is 16.3. The standard InChI is InChI=1S/C22H30O5/c1-12-9-20(2)13(8-16(12)24)4-5-14-15-6-7-22(27,18(26)11-23)21(15,3)10-17(25)19(14)20/h8,12,14-15,19,23,27H,4-7,9-11H2,1-3H3. The van der Waals surface area contributed by atoms with E-state index in [9.17, 15) is 24.6 Å². The maximum atomic E-state index is 13.4. The molecule has 0 aromatic carbocycles. The smallest absolute Gasteiger partial charge is 0.190 e. The number of hydrogen-bond donors (Lipinski definition) is 2. The first-order chi connectivity index (χ1) is 12.6. The zero-order valence-electron chi connectivity index (χ0n) is 16.5. The van der Waals surface area contributed by atoms with E-state index >= 15 is 0 Å². The molecule has 3 saturated carbocycles. The fourth-order valence-corrected chi connectivity index (χ4v) is 7.32. The van der Waals surface area contributed by atoms with E-state index in [1.54, 1.807) is 6.08 Å². The Hall–Kier alpha value is -1.33. The molecule has 148 valence electrons. The van der Waals surface area contributed by atoms with Crippen LogP contribution in [-0.4, -0.2) is 39.8 Å². The predicted molar refractivity (Wildman–Crippen MR) is 98.7 cm³/mol. The van der Waals surface area contributed by atoms with Gasteiger partial charge in [-0.3, -0.25) is 14.4 Å². The van der Waals surface area contributed by atoms with Crippen molar-refractivity contribution in [2.24, 2.45) is 34.5 Å². The molecule has 4 aliphatic carbocycles. The van der Waals surface area contributed by atoms with Crippen LogP contribution in [0.15, 0.2) is 11.6 Å². The molecule has 0 radical (unpaired) electrons. The van der Waals surface area contributed by atoms with Crippen LogP contribution in [-0.2, 0) is 14.4 Å². The number of hydrogen-bond acceptors (Lipinski definition) is 5. The first kappa shape index (κ1) is 19.0. The third-order valence-corrected chi connectivity index (χ3v) is 8.72. The summed E-state index contributed by atoms with van der Waals surface area (Å²) >= 11 is 0. The average molecular weight is 374 g/mol. The van der Waals surface area contributed by atoms with Crippen molar-refractivity contribution in [3.8, 4) is 0 Å². The molecule has 4 rings (SSSR count). The molecule has 0 aliphatic heterocycles. The number of ketones is 3. The molecule has 0 saturated heterocycles. The fourth-order valence-electron chi connectivity index (χ4n) is 7.32. The van der Waals surface area contributed by atoms with Gasteiger partial charge in [0, 0.05) is 23.7 Å². The molecule has 0 amide bonds. The SMILES string of the molecule is CC1CC2(C)C(=CC1=O)CCC1C2C(=O)CC2(C)C1CCC2(O)C(=O)CO. The second-order valence-corrected chi connectivity index (χ2v) is 9.92. The molecule has 2 N–H and O–H groups in total. The minimum Gasteiger partial charge on any atom is -0.388 e. The predicted octanol–water partition coefficient (Wildman–Crippen LogP) is 2.24. The lowest BCUT2D eigenvalue weighted by atomic mass is 9.45. The van der Waals surface area contributed by atoms with Gasteiger partial charge in [0.05, 0.1) is 0 Å². The molecule has 0 bridgehead atoms. The van der Waals surface area contributed by atoms with Crippen LogP contribution in [0, 0.1) is 34.5 Å². The van der Waals surface area contributed by atoms with E-state index in [1.807, 2.05) is 13.8 Å². The summed E-state index contributed by atoms with van der Waals surface area (Å²) in [5.41, 5.74) is -1.60. The Bertz CT molecular complexity index is 754. The van der Waals surface area contributed by atoms with Crippen LogP contribution >= 0.6 is 0 Å². The molecule has 3 fully saturated rings. The summed E-state index contributed by atoms with van der Waals surface area (Å²) in [6.07, 6.45) is 5.31. The third-order valence-electron chi connectivity index (χ3n) is 8.72. The van der Waals surface area contributed by atoms with Gasteiger partial charge in [0.15, 0.2) is 11.6 Å². The van der Waals surface area contributed by atoms with Gasteiger partial charge in [-0.05, 0) is 55.4 Å². The van der Waals surface area contributed by atoms with Crippen LogP contribution in [0.2, 0.25) is 0 Å². The van der Waals surface area contributed by atoms with Crippen molar-refractivity contribution in [2.75, 3.05) is 6.61 Å². The van der Waals surface area contributed by atoms with Crippen LogP contribution in [0.4, 0.5) is 0 Å². The van der Waals surface area contributed by atoms with Crippen molar-refractivity contribution >= 4 is 17.3 Å². The molecular weight excluding hydrogens is 344 g/mol. The van der Waals surface area contributed by atoms with E-state index < -0.39 is 23.4 Å². The van der Waals surface area contributed by atoms with Crippen LogP contribution < -0.4 is 0 Å². The summed E-state index contributed by atoms with van der Waals surface area (Å²) in [5.74, 6) is -0.283. The average Bonchev–Trinajstić information content (AvgIpc) is 2.87. The fraction of sp³-hybridized carbons (Fsp3) is 0.773. The Morgan fingerprint density at radius 1 is 1.26 bits per heavy atom. The molecule has 0 aromatic rings. The van der Waals surface area contributed by atoms with Crippen LogP contribution in [0.5, 0.6) is 0 Å². The van der Waals surface area contributed by atoms with Gasteiger partial charge < -0.3 is 10.2 Å². The van der Waals surface area contributed by atoms with E-state index in [-0.39, 0.29) is 47.1 Å². The van der Waals surface area contributed by atoms with Crippen molar-refractivity contribution in [3.05, 3.63) is 11.6 Å². The lowest BCUT2D eigenvalue weighted by Crippen LogP contribution is -2.61. The zero-order valence-corrected chi connectivity index (χ0v) is 16.5. The third kappa shape index (κ3) is 2.27. The van der Waals surface area contributed by atoms with Gasteiger partial charge in [-0.15, -0.1) is 0 Å². The molecule has 5 nitrogen and oxygen atoms in total. The molecule has 0 spiro atoms. The first-order valence-electron chi connectivity index (χ1n) is 10.2. The minimum atomic E-state index is -1.61. The summed E-state index contributed by atoms with van der Waals surface area (Å²) in [5, 5.41) is 20.6. The van der Waals surface area contributed by atoms with Gasteiger partial charge in [-0.25, -0.2) is 0 Å². The Kier molecular flexibility index (Phi) is 4.11.